The van der Waals surface area contributed by atoms with E-state index in [4.69, 9.17) is 11.6 Å². The molecule has 4 nitrogen and oxygen atoms in total. The fourth-order valence-corrected chi connectivity index (χ4v) is 2.79. The molecule has 0 saturated carbocycles. The number of aryl methyl sites for hydroxylation is 2. The maximum Gasteiger partial charge on any atom is 0.252 e. The Bertz CT molecular complexity index is 787. The standard InChI is InChI=1S/C20H23ClN2O2/c1-12(2)18(23-19(24)16-8-6-5-7-13(16)3)20(25)22-17-10-9-15(21)11-14(17)4/h5-12,18H,1-4H3,(H,22,25)(H,23,24)/t18-/m0/s1. The molecule has 0 saturated heterocycles. The predicted octanol–water partition coefficient (Wildman–Crippen LogP) is 4.35. The summed E-state index contributed by atoms with van der Waals surface area (Å²) in [7, 11) is 0. The lowest BCUT2D eigenvalue weighted by Crippen LogP contribution is -2.47. The molecule has 2 rings (SSSR count). The van der Waals surface area contributed by atoms with Crippen molar-refractivity contribution in [2.45, 2.75) is 33.7 Å². The number of hydrogen-bond donors (Lipinski definition) is 2. The molecule has 0 fully saturated rings. The van der Waals surface area contributed by atoms with Gasteiger partial charge in [0.1, 0.15) is 6.04 Å². The Morgan fingerprint density at radius 1 is 1.00 bits per heavy atom. The van der Waals surface area contributed by atoms with Crippen LogP contribution in [0.5, 0.6) is 0 Å². The van der Waals surface area contributed by atoms with Gasteiger partial charge in [-0.25, -0.2) is 0 Å². The third-order valence-electron chi connectivity index (χ3n) is 4.07. The van der Waals surface area contributed by atoms with E-state index < -0.39 is 6.04 Å². The molecule has 0 aliphatic rings. The van der Waals surface area contributed by atoms with Crippen LogP contribution in [0.4, 0.5) is 5.69 Å². The molecule has 1 atom stereocenters. The molecule has 2 aromatic rings. The van der Waals surface area contributed by atoms with Crippen molar-refractivity contribution >= 4 is 29.1 Å². The van der Waals surface area contributed by atoms with Crippen LogP contribution in [0.1, 0.15) is 35.3 Å². The van der Waals surface area contributed by atoms with Crippen molar-refractivity contribution in [2.24, 2.45) is 5.92 Å². The molecule has 0 radical (unpaired) electrons. The molecular formula is C20H23ClN2O2. The van der Waals surface area contributed by atoms with E-state index in [0.29, 0.717) is 16.3 Å². The van der Waals surface area contributed by atoms with Crippen molar-refractivity contribution in [1.82, 2.24) is 5.32 Å². The van der Waals surface area contributed by atoms with Crippen molar-refractivity contribution < 1.29 is 9.59 Å². The Morgan fingerprint density at radius 3 is 2.28 bits per heavy atom. The first-order valence-electron chi connectivity index (χ1n) is 8.23. The Labute approximate surface area is 153 Å². The predicted molar refractivity (Wildman–Crippen MR) is 102 cm³/mol. The molecule has 25 heavy (non-hydrogen) atoms. The van der Waals surface area contributed by atoms with Crippen molar-refractivity contribution in [3.05, 3.63) is 64.2 Å². The van der Waals surface area contributed by atoms with Gasteiger partial charge in [0.25, 0.3) is 5.91 Å². The van der Waals surface area contributed by atoms with Crippen LogP contribution in [0.25, 0.3) is 0 Å². The number of nitrogens with one attached hydrogen (secondary N) is 2. The van der Waals surface area contributed by atoms with E-state index in [1.54, 1.807) is 24.3 Å². The molecule has 2 aromatic carbocycles. The van der Waals surface area contributed by atoms with E-state index in [0.717, 1.165) is 11.1 Å². The average molecular weight is 359 g/mol. The lowest BCUT2D eigenvalue weighted by Gasteiger charge is -2.22. The number of rotatable bonds is 5. The lowest BCUT2D eigenvalue weighted by atomic mass is 10.0. The Balaban J connectivity index is 2.16. The second kappa shape index (κ2) is 8.17. The van der Waals surface area contributed by atoms with Crippen LogP contribution in [0.2, 0.25) is 5.02 Å². The Kier molecular flexibility index (Phi) is 6.21. The molecule has 0 aromatic heterocycles. The van der Waals surface area contributed by atoms with Crippen molar-refractivity contribution in [3.8, 4) is 0 Å². The number of benzene rings is 2. The summed E-state index contributed by atoms with van der Waals surface area (Å²) in [5.41, 5.74) is 3.00. The highest BCUT2D eigenvalue weighted by molar-refractivity contribution is 6.30. The maximum atomic E-state index is 12.7. The normalized spacial score (nSPS) is 11.9. The van der Waals surface area contributed by atoms with Gasteiger partial charge in [0.2, 0.25) is 5.91 Å². The fraction of sp³-hybridized carbons (Fsp3) is 0.300. The topological polar surface area (TPSA) is 58.2 Å². The second-order valence-corrected chi connectivity index (χ2v) is 6.90. The summed E-state index contributed by atoms with van der Waals surface area (Å²) in [5.74, 6) is -0.553. The zero-order valence-electron chi connectivity index (χ0n) is 14.9. The zero-order chi connectivity index (χ0) is 18.6. The van der Waals surface area contributed by atoms with Crippen molar-refractivity contribution in [2.75, 3.05) is 5.32 Å². The largest absolute Gasteiger partial charge is 0.340 e. The van der Waals surface area contributed by atoms with E-state index in [9.17, 15) is 9.59 Å². The minimum absolute atomic E-state index is 0.0550. The Morgan fingerprint density at radius 2 is 1.68 bits per heavy atom. The molecule has 2 amide bonds. The summed E-state index contributed by atoms with van der Waals surface area (Å²) in [5, 5.41) is 6.34. The van der Waals surface area contributed by atoms with Gasteiger partial charge in [0.05, 0.1) is 0 Å². The second-order valence-electron chi connectivity index (χ2n) is 6.46. The smallest absolute Gasteiger partial charge is 0.252 e. The first-order valence-corrected chi connectivity index (χ1v) is 8.61. The molecule has 0 bridgehead atoms. The van der Waals surface area contributed by atoms with Gasteiger partial charge in [-0.05, 0) is 55.2 Å². The monoisotopic (exact) mass is 358 g/mol. The summed E-state index contributed by atoms with van der Waals surface area (Å²) in [6, 6.07) is 11.9. The fourth-order valence-electron chi connectivity index (χ4n) is 2.56. The van der Waals surface area contributed by atoms with E-state index in [2.05, 4.69) is 10.6 Å². The van der Waals surface area contributed by atoms with Gasteiger partial charge >= 0.3 is 0 Å². The number of carbonyl (C=O) groups is 2. The van der Waals surface area contributed by atoms with E-state index in [-0.39, 0.29) is 17.7 Å². The molecule has 0 aliphatic carbocycles. The number of anilines is 1. The highest BCUT2D eigenvalue weighted by atomic mass is 35.5. The number of amides is 2. The van der Waals surface area contributed by atoms with Crippen LogP contribution in [0.15, 0.2) is 42.5 Å². The van der Waals surface area contributed by atoms with Gasteiger partial charge in [-0.3, -0.25) is 9.59 Å². The summed E-state index contributed by atoms with van der Waals surface area (Å²) < 4.78 is 0. The first-order chi connectivity index (χ1) is 11.8. The third-order valence-corrected chi connectivity index (χ3v) is 4.31. The van der Waals surface area contributed by atoms with Crippen LogP contribution >= 0.6 is 11.6 Å². The summed E-state index contributed by atoms with van der Waals surface area (Å²) in [6.07, 6.45) is 0. The molecule has 2 N–H and O–H groups in total. The highest BCUT2D eigenvalue weighted by Gasteiger charge is 2.25. The van der Waals surface area contributed by atoms with Crippen molar-refractivity contribution in [3.63, 3.8) is 0 Å². The first kappa shape index (κ1) is 19.0. The van der Waals surface area contributed by atoms with Crippen LogP contribution in [-0.4, -0.2) is 17.9 Å². The summed E-state index contributed by atoms with van der Waals surface area (Å²) >= 11 is 5.95. The third kappa shape index (κ3) is 4.83. The van der Waals surface area contributed by atoms with Crippen molar-refractivity contribution in [1.29, 1.82) is 0 Å². The van der Waals surface area contributed by atoms with Gasteiger partial charge in [0, 0.05) is 16.3 Å². The molecule has 0 heterocycles. The van der Waals surface area contributed by atoms with Gasteiger partial charge < -0.3 is 10.6 Å². The van der Waals surface area contributed by atoms with Gasteiger partial charge in [0.15, 0.2) is 0 Å². The maximum absolute atomic E-state index is 12.7. The van der Waals surface area contributed by atoms with E-state index in [1.165, 1.54) is 0 Å². The van der Waals surface area contributed by atoms with E-state index in [1.807, 2.05) is 45.9 Å². The van der Waals surface area contributed by atoms with Gasteiger partial charge in [-0.2, -0.15) is 0 Å². The van der Waals surface area contributed by atoms with E-state index >= 15 is 0 Å². The number of halogens is 1. The molecule has 0 spiro atoms. The SMILES string of the molecule is Cc1cc(Cl)ccc1NC(=O)[C@@H](NC(=O)c1ccccc1C)C(C)C. The molecule has 0 aliphatic heterocycles. The summed E-state index contributed by atoms with van der Waals surface area (Å²) in [6.45, 7) is 7.54. The minimum Gasteiger partial charge on any atom is -0.340 e. The molecule has 0 unspecified atom stereocenters. The van der Waals surface area contributed by atoms with Gasteiger partial charge in [-0.1, -0.05) is 43.6 Å². The summed E-state index contributed by atoms with van der Waals surface area (Å²) in [4.78, 5) is 25.2. The molecule has 5 heteroatoms. The van der Waals surface area contributed by atoms with Crippen LogP contribution in [-0.2, 0) is 4.79 Å². The highest BCUT2D eigenvalue weighted by Crippen LogP contribution is 2.20. The lowest BCUT2D eigenvalue weighted by molar-refractivity contribution is -0.118. The zero-order valence-corrected chi connectivity index (χ0v) is 15.6. The molecular weight excluding hydrogens is 336 g/mol. The van der Waals surface area contributed by atoms with Gasteiger partial charge in [-0.15, -0.1) is 0 Å². The van der Waals surface area contributed by atoms with Crippen LogP contribution < -0.4 is 10.6 Å². The van der Waals surface area contributed by atoms with Crippen LogP contribution in [0, 0.1) is 19.8 Å². The average Bonchev–Trinajstić information content (AvgIpc) is 2.55. The quantitative estimate of drug-likeness (QED) is 0.834. The van der Waals surface area contributed by atoms with Crippen LogP contribution in [0.3, 0.4) is 0 Å². The minimum atomic E-state index is -0.637. The number of carbonyl (C=O) groups excluding carboxylic acids is 2. The number of hydrogen-bond acceptors (Lipinski definition) is 2. The molecule has 132 valence electrons. The Hall–Kier alpha value is -2.33.